The van der Waals surface area contributed by atoms with Crippen molar-refractivity contribution in [2.24, 2.45) is 0 Å². The first-order chi connectivity index (χ1) is 14.9. The molecule has 2 heterocycles. The van der Waals surface area contributed by atoms with Gasteiger partial charge in [0.2, 0.25) is 5.76 Å². The zero-order valence-corrected chi connectivity index (χ0v) is 17.8. The maximum Gasteiger partial charge on any atom is 0.291 e. The third-order valence-electron chi connectivity index (χ3n) is 5.99. The molecular weight excluding hydrogens is 386 g/mol. The predicted octanol–water partition coefficient (Wildman–Crippen LogP) is 5.46. The van der Waals surface area contributed by atoms with Crippen LogP contribution in [0.1, 0.15) is 50.0 Å². The Balaban J connectivity index is 1.76. The highest BCUT2D eigenvalue weighted by Crippen LogP contribution is 2.39. The molecular formula is C27H23NO3. The van der Waals surface area contributed by atoms with Crippen LogP contribution >= 0.6 is 0 Å². The van der Waals surface area contributed by atoms with Gasteiger partial charge in [0.25, 0.3) is 5.91 Å². The van der Waals surface area contributed by atoms with Crippen molar-refractivity contribution in [3.63, 3.8) is 0 Å². The van der Waals surface area contributed by atoms with Gasteiger partial charge in [-0.3, -0.25) is 9.59 Å². The molecule has 1 aromatic heterocycles. The molecule has 1 unspecified atom stereocenters. The van der Waals surface area contributed by atoms with Crippen molar-refractivity contribution in [2.75, 3.05) is 0 Å². The molecule has 0 N–H and O–H groups in total. The Labute approximate surface area is 180 Å². The van der Waals surface area contributed by atoms with Gasteiger partial charge in [-0.2, -0.15) is 0 Å². The van der Waals surface area contributed by atoms with Crippen LogP contribution in [-0.2, 0) is 6.54 Å². The van der Waals surface area contributed by atoms with Gasteiger partial charge in [-0.15, -0.1) is 0 Å². The van der Waals surface area contributed by atoms with Crippen LogP contribution in [0, 0.1) is 20.8 Å². The number of hydrogen-bond acceptors (Lipinski definition) is 3. The Kier molecular flexibility index (Phi) is 4.51. The van der Waals surface area contributed by atoms with E-state index < -0.39 is 6.04 Å². The number of nitrogens with zero attached hydrogens (tertiary/aromatic N) is 1. The van der Waals surface area contributed by atoms with Gasteiger partial charge in [-0.1, -0.05) is 66.2 Å². The van der Waals surface area contributed by atoms with E-state index in [-0.39, 0.29) is 17.1 Å². The molecule has 0 saturated heterocycles. The first-order valence-electron chi connectivity index (χ1n) is 10.4. The summed E-state index contributed by atoms with van der Waals surface area (Å²) < 4.78 is 6.14. The first-order valence-corrected chi connectivity index (χ1v) is 10.4. The van der Waals surface area contributed by atoms with E-state index >= 15 is 0 Å². The second-order valence-electron chi connectivity index (χ2n) is 8.36. The number of rotatable bonds is 3. The largest absolute Gasteiger partial charge is 0.450 e. The van der Waals surface area contributed by atoms with E-state index in [1.165, 1.54) is 0 Å². The van der Waals surface area contributed by atoms with Gasteiger partial charge < -0.3 is 9.32 Å². The molecule has 5 rings (SSSR count). The molecule has 0 aliphatic carbocycles. The molecule has 4 heteroatoms. The Morgan fingerprint density at radius 3 is 2.29 bits per heavy atom. The zero-order chi connectivity index (χ0) is 21.7. The van der Waals surface area contributed by atoms with Crippen LogP contribution in [0.4, 0.5) is 0 Å². The minimum absolute atomic E-state index is 0.127. The molecule has 4 nitrogen and oxygen atoms in total. The van der Waals surface area contributed by atoms with Gasteiger partial charge in [-0.05, 0) is 49.1 Å². The molecule has 0 fully saturated rings. The second-order valence-corrected chi connectivity index (χ2v) is 8.36. The van der Waals surface area contributed by atoms with Crippen molar-refractivity contribution in [1.29, 1.82) is 0 Å². The van der Waals surface area contributed by atoms with E-state index in [9.17, 15) is 9.59 Å². The highest BCUT2D eigenvalue weighted by Gasteiger charge is 2.42. The number of hydrogen-bond donors (Lipinski definition) is 0. The molecule has 0 radical (unpaired) electrons. The molecule has 0 saturated carbocycles. The highest BCUT2D eigenvalue weighted by atomic mass is 16.3. The molecule has 1 aliphatic rings. The smallest absolute Gasteiger partial charge is 0.291 e. The monoisotopic (exact) mass is 409 g/mol. The van der Waals surface area contributed by atoms with Crippen LogP contribution in [0.3, 0.4) is 0 Å². The Bertz CT molecular complexity index is 1370. The molecule has 0 spiro atoms. The lowest BCUT2D eigenvalue weighted by atomic mass is 9.96. The fourth-order valence-electron chi connectivity index (χ4n) is 4.51. The summed E-state index contributed by atoms with van der Waals surface area (Å²) in [5.74, 6) is -0.0886. The number of carbonyl (C=O) groups is 1. The lowest BCUT2D eigenvalue weighted by Gasteiger charge is -2.25. The van der Waals surface area contributed by atoms with Crippen LogP contribution in [0.5, 0.6) is 0 Å². The molecule has 1 amide bonds. The zero-order valence-electron chi connectivity index (χ0n) is 17.8. The summed E-state index contributed by atoms with van der Waals surface area (Å²) in [5, 5.41) is 0.530. The summed E-state index contributed by atoms with van der Waals surface area (Å²) in [6.45, 7) is 6.29. The summed E-state index contributed by atoms with van der Waals surface area (Å²) >= 11 is 0. The third kappa shape index (κ3) is 3.15. The van der Waals surface area contributed by atoms with Crippen LogP contribution < -0.4 is 5.43 Å². The molecule has 154 valence electrons. The Morgan fingerprint density at radius 2 is 1.58 bits per heavy atom. The second kappa shape index (κ2) is 7.24. The van der Waals surface area contributed by atoms with Crippen LogP contribution in [0.2, 0.25) is 0 Å². The summed E-state index contributed by atoms with van der Waals surface area (Å²) in [5.41, 5.74) is 5.69. The van der Waals surface area contributed by atoms with Crippen molar-refractivity contribution in [2.45, 2.75) is 33.4 Å². The van der Waals surface area contributed by atoms with Crippen LogP contribution in [-0.4, -0.2) is 10.8 Å². The summed E-state index contributed by atoms with van der Waals surface area (Å²) in [6, 6.07) is 21.2. The van der Waals surface area contributed by atoms with E-state index in [0.29, 0.717) is 23.1 Å². The topological polar surface area (TPSA) is 50.5 Å². The standard InChI is InChI=1S/C27H23NO3/c1-16-9-11-20(12-10-16)23-22-24(29)21-14-17(2)13-18(3)25(21)31-26(22)27(30)28(23)15-19-7-5-4-6-8-19/h4-14,23H,15H2,1-3H3. The van der Waals surface area contributed by atoms with Gasteiger partial charge in [-0.25, -0.2) is 0 Å². The van der Waals surface area contributed by atoms with Gasteiger partial charge in [0.05, 0.1) is 17.0 Å². The van der Waals surface area contributed by atoms with Gasteiger partial charge in [0.1, 0.15) is 5.58 Å². The maximum absolute atomic E-state index is 13.7. The molecule has 4 aromatic rings. The minimum atomic E-state index is -0.482. The quantitative estimate of drug-likeness (QED) is 0.451. The summed E-state index contributed by atoms with van der Waals surface area (Å²) in [7, 11) is 0. The number of carbonyl (C=O) groups excluding carboxylic acids is 1. The molecule has 1 atom stereocenters. The molecule has 31 heavy (non-hydrogen) atoms. The van der Waals surface area contributed by atoms with E-state index in [0.717, 1.165) is 27.8 Å². The van der Waals surface area contributed by atoms with Gasteiger partial charge >= 0.3 is 0 Å². The fraction of sp³-hybridized carbons (Fsp3) is 0.185. The SMILES string of the molecule is Cc1ccc(C2c3c(oc4c(C)cc(C)cc4c3=O)C(=O)N2Cc2ccccc2)cc1. The Hall–Kier alpha value is -3.66. The first kappa shape index (κ1) is 19.3. The minimum Gasteiger partial charge on any atom is -0.450 e. The average Bonchev–Trinajstić information content (AvgIpc) is 3.03. The van der Waals surface area contributed by atoms with E-state index in [2.05, 4.69) is 0 Å². The molecule has 0 bridgehead atoms. The number of amides is 1. The third-order valence-corrected chi connectivity index (χ3v) is 5.99. The molecule has 3 aromatic carbocycles. The normalized spacial score (nSPS) is 15.5. The number of benzene rings is 3. The number of fused-ring (bicyclic) bond motifs is 2. The van der Waals surface area contributed by atoms with Crippen molar-refractivity contribution in [3.05, 3.63) is 116 Å². The van der Waals surface area contributed by atoms with Gasteiger partial charge in [0.15, 0.2) is 5.43 Å². The van der Waals surface area contributed by atoms with E-state index in [4.69, 9.17) is 4.42 Å². The van der Waals surface area contributed by atoms with Crippen molar-refractivity contribution in [1.82, 2.24) is 4.90 Å². The average molecular weight is 409 g/mol. The summed E-state index contributed by atoms with van der Waals surface area (Å²) in [4.78, 5) is 28.9. The lowest BCUT2D eigenvalue weighted by Crippen LogP contribution is -2.29. The maximum atomic E-state index is 13.7. The van der Waals surface area contributed by atoms with Crippen molar-refractivity contribution < 1.29 is 9.21 Å². The van der Waals surface area contributed by atoms with Crippen LogP contribution in [0.15, 0.2) is 75.9 Å². The van der Waals surface area contributed by atoms with E-state index in [1.54, 1.807) is 4.90 Å². The van der Waals surface area contributed by atoms with Gasteiger partial charge in [0, 0.05) is 6.54 Å². The predicted molar refractivity (Wildman–Crippen MR) is 121 cm³/mol. The number of aryl methyl sites for hydroxylation is 3. The molecule has 1 aliphatic heterocycles. The Morgan fingerprint density at radius 1 is 0.871 bits per heavy atom. The van der Waals surface area contributed by atoms with Crippen LogP contribution in [0.25, 0.3) is 11.0 Å². The summed E-state index contributed by atoms with van der Waals surface area (Å²) in [6.07, 6.45) is 0. The van der Waals surface area contributed by atoms with Crippen molar-refractivity contribution >= 4 is 16.9 Å². The fourth-order valence-corrected chi connectivity index (χ4v) is 4.51. The lowest BCUT2D eigenvalue weighted by molar-refractivity contribution is 0.0714. The highest BCUT2D eigenvalue weighted by molar-refractivity contribution is 5.99. The van der Waals surface area contributed by atoms with Crippen molar-refractivity contribution in [3.8, 4) is 0 Å². The van der Waals surface area contributed by atoms with E-state index in [1.807, 2.05) is 87.5 Å².